The number of rotatable bonds is 10. The highest BCUT2D eigenvalue weighted by Crippen LogP contribution is 2.29. The molecule has 0 fully saturated rings. The van der Waals surface area contributed by atoms with Gasteiger partial charge in [0.25, 0.3) is 0 Å². The zero-order chi connectivity index (χ0) is 19.5. The summed E-state index contributed by atoms with van der Waals surface area (Å²) in [6.45, 7) is 7.84. The smallest absolute Gasteiger partial charge is 0.185 e. The molecule has 0 atom stereocenters. The highest BCUT2D eigenvalue weighted by molar-refractivity contribution is 8.03. The molecule has 2 rings (SSSR count). The predicted octanol–water partition coefficient (Wildman–Crippen LogP) is 4.78. The van der Waals surface area contributed by atoms with Crippen LogP contribution in [-0.2, 0) is 0 Å². The Kier molecular flexibility index (Phi) is 8.52. The fourth-order valence-electron chi connectivity index (χ4n) is 2.43. The molecule has 0 saturated heterocycles. The molecule has 0 amide bonds. The van der Waals surface area contributed by atoms with Gasteiger partial charge in [-0.05, 0) is 55.2 Å². The van der Waals surface area contributed by atoms with Crippen molar-refractivity contribution in [3.63, 3.8) is 0 Å². The number of hydrogen-bond donors (Lipinski definition) is 3. The number of unbranched alkanes of at least 4 members (excludes halogenated alkanes) is 1. The Morgan fingerprint density at radius 2 is 1.85 bits per heavy atom. The number of aliphatic imine (C=N–C) groups is 1. The van der Waals surface area contributed by atoms with Gasteiger partial charge < -0.3 is 16.8 Å². The van der Waals surface area contributed by atoms with Crippen LogP contribution >= 0.6 is 11.8 Å². The first-order chi connectivity index (χ1) is 13.0. The van der Waals surface area contributed by atoms with Crippen molar-refractivity contribution in [2.24, 2.45) is 16.5 Å². The van der Waals surface area contributed by atoms with Gasteiger partial charge in [-0.15, -0.1) is 0 Å². The lowest BCUT2D eigenvalue weighted by Crippen LogP contribution is -2.23. The minimum absolute atomic E-state index is 0.159. The van der Waals surface area contributed by atoms with Gasteiger partial charge in [0, 0.05) is 28.6 Å². The number of benzene rings is 2. The second-order valence-corrected chi connectivity index (χ2v) is 7.40. The number of anilines is 1. The molecule has 2 aromatic carbocycles. The van der Waals surface area contributed by atoms with E-state index in [9.17, 15) is 0 Å². The van der Waals surface area contributed by atoms with Crippen LogP contribution in [0.4, 0.5) is 5.69 Å². The molecule has 0 saturated carbocycles. The molecule has 4 nitrogen and oxygen atoms in total. The molecular weight excluding hydrogens is 352 g/mol. The van der Waals surface area contributed by atoms with Crippen molar-refractivity contribution < 1.29 is 0 Å². The third-order valence-corrected chi connectivity index (χ3v) is 4.99. The predicted molar refractivity (Wildman–Crippen MR) is 120 cm³/mol. The van der Waals surface area contributed by atoms with Gasteiger partial charge in [-0.2, -0.15) is 0 Å². The summed E-state index contributed by atoms with van der Waals surface area (Å²) in [5.74, 6) is 0.159. The summed E-state index contributed by atoms with van der Waals surface area (Å²) in [7, 11) is 0. The summed E-state index contributed by atoms with van der Waals surface area (Å²) < 4.78 is 0. The normalized spacial score (nSPS) is 10.7. The number of hydrogen-bond acceptors (Lipinski definition) is 3. The number of aryl methyl sites for hydroxylation is 1. The Bertz CT molecular complexity index is 790. The largest absolute Gasteiger partial charge is 0.385 e. The molecule has 0 unspecified atom stereocenters. The molecule has 0 aliphatic rings. The average molecular weight is 381 g/mol. The SMILES string of the molecule is C=C(C=Cc1ccc(NCCCCN=C(N)N)cc1)Sc1ccccc1C. The lowest BCUT2D eigenvalue weighted by Gasteiger charge is -2.06. The fourth-order valence-corrected chi connectivity index (χ4v) is 3.22. The molecule has 0 aliphatic carbocycles. The maximum atomic E-state index is 5.30. The summed E-state index contributed by atoms with van der Waals surface area (Å²) in [5, 5.41) is 3.41. The van der Waals surface area contributed by atoms with E-state index in [0.717, 1.165) is 35.5 Å². The van der Waals surface area contributed by atoms with E-state index < -0.39 is 0 Å². The minimum Gasteiger partial charge on any atom is -0.385 e. The van der Waals surface area contributed by atoms with Gasteiger partial charge >= 0.3 is 0 Å². The van der Waals surface area contributed by atoms with E-state index in [4.69, 9.17) is 11.5 Å². The van der Waals surface area contributed by atoms with Gasteiger partial charge in [0.15, 0.2) is 5.96 Å². The van der Waals surface area contributed by atoms with E-state index in [1.165, 1.54) is 10.5 Å². The highest BCUT2D eigenvalue weighted by atomic mass is 32.2. The zero-order valence-corrected chi connectivity index (χ0v) is 16.6. The van der Waals surface area contributed by atoms with Crippen molar-refractivity contribution in [1.82, 2.24) is 0 Å². The molecule has 0 bridgehead atoms. The highest BCUT2D eigenvalue weighted by Gasteiger charge is 1.99. The van der Waals surface area contributed by atoms with Crippen molar-refractivity contribution in [3.05, 3.63) is 77.2 Å². The van der Waals surface area contributed by atoms with Crippen LogP contribution in [-0.4, -0.2) is 19.0 Å². The molecule has 0 heterocycles. The van der Waals surface area contributed by atoms with Crippen molar-refractivity contribution >= 4 is 29.5 Å². The summed E-state index contributed by atoms with van der Waals surface area (Å²) in [6, 6.07) is 16.7. The second-order valence-electron chi connectivity index (χ2n) is 6.23. The summed E-state index contributed by atoms with van der Waals surface area (Å²) in [4.78, 5) is 6.24. The number of allylic oxidation sites excluding steroid dienone is 1. The van der Waals surface area contributed by atoms with Gasteiger partial charge in [0.2, 0.25) is 0 Å². The van der Waals surface area contributed by atoms with Crippen molar-refractivity contribution in [2.45, 2.75) is 24.7 Å². The van der Waals surface area contributed by atoms with E-state index in [1.807, 2.05) is 0 Å². The summed E-state index contributed by atoms with van der Waals surface area (Å²) in [6.07, 6.45) is 6.14. The first-order valence-electron chi connectivity index (χ1n) is 9.04. The van der Waals surface area contributed by atoms with E-state index in [1.54, 1.807) is 11.8 Å². The Morgan fingerprint density at radius 1 is 1.11 bits per heavy atom. The summed E-state index contributed by atoms with van der Waals surface area (Å²) >= 11 is 1.69. The Balaban J connectivity index is 1.76. The number of nitrogens with one attached hydrogen (secondary N) is 1. The number of nitrogens with two attached hydrogens (primary N) is 2. The molecule has 5 N–H and O–H groups in total. The van der Waals surface area contributed by atoms with Gasteiger partial charge in [0.05, 0.1) is 0 Å². The molecule has 0 radical (unpaired) electrons. The minimum atomic E-state index is 0.159. The van der Waals surface area contributed by atoms with Crippen LogP contribution in [0, 0.1) is 6.92 Å². The number of guanidine groups is 1. The third kappa shape index (κ3) is 8.05. The molecule has 0 spiro atoms. The van der Waals surface area contributed by atoms with E-state index >= 15 is 0 Å². The van der Waals surface area contributed by atoms with Crippen LogP contribution < -0.4 is 16.8 Å². The fraction of sp³-hybridized carbons (Fsp3) is 0.227. The van der Waals surface area contributed by atoms with Crippen LogP contribution in [0.5, 0.6) is 0 Å². The van der Waals surface area contributed by atoms with Crippen molar-refractivity contribution in [2.75, 3.05) is 18.4 Å². The molecular formula is C22H28N4S. The van der Waals surface area contributed by atoms with Crippen LogP contribution in [0.25, 0.3) is 6.08 Å². The first-order valence-corrected chi connectivity index (χ1v) is 9.86. The Morgan fingerprint density at radius 3 is 2.56 bits per heavy atom. The molecule has 5 heteroatoms. The Labute approximate surface area is 166 Å². The number of nitrogens with zero attached hydrogens (tertiary/aromatic N) is 1. The maximum absolute atomic E-state index is 5.30. The van der Waals surface area contributed by atoms with E-state index in [0.29, 0.717) is 6.54 Å². The summed E-state index contributed by atoms with van der Waals surface area (Å²) in [5.41, 5.74) is 14.1. The number of thioether (sulfide) groups is 1. The quantitative estimate of drug-likeness (QED) is 0.182. The topological polar surface area (TPSA) is 76.4 Å². The lowest BCUT2D eigenvalue weighted by atomic mass is 10.2. The lowest BCUT2D eigenvalue weighted by molar-refractivity contribution is 0.774. The van der Waals surface area contributed by atoms with Crippen molar-refractivity contribution in [3.8, 4) is 0 Å². The van der Waals surface area contributed by atoms with Crippen molar-refractivity contribution in [1.29, 1.82) is 0 Å². The molecule has 142 valence electrons. The monoisotopic (exact) mass is 380 g/mol. The second kappa shape index (κ2) is 11.1. The molecule has 0 aromatic heterocycles. The van der Waals surface area contributed by atoms with Crippen LogP contribution in [0.1, 0.15) is 24.0 Å². The van der Waals surface area contributed by atoms with Crippen LogP contribution in [0.2, 0.25) is 0 Å². The zero-order valence-electron chi connectivity index (χ0n) is 15.8. The van der Waals surface area contributed by atoms with Crippen LogP contribution in [0.15, 0.2) is 76.0 Å². The average Bonchev–Trinajstić information content (AvgIpc) is 2.65. The van der Waals surface area contributed by atoms with Gasteiger partial charge in [-0.3, -0.25) is 4.99 Å². The first kappa shape index (κ1) is 20.6. The van der Waals surface area contributed by atoms with E-state index in [2.05, 4.69) is 84.5 Å². The standard InChI is InChI=1S/C22H28N4S/c1-17-7-3-4-8-21(17)27-18(2)9-10-19-11-13-20(14-12-19)25-15-5-6-16-26-22(23)24/h3-4,7-14,25H,2,5-6,15-16H2,1H3,(H4,23,24,26). The van der Waals surface area contributed by atoms with Gasteiger partial charge in [-0.1, -0.05) is 54.7 Å². The van der Waals surface area contributed by atoms with Gasteiger partial charge in [-0.25, -0.2) is 0 Å². The molecule has 0 aliphatic heterocycles. The molecule has 2 aromatic rings. The maximum Gasteiger partial charge on any atom is 0.185 e. The Hall–Kier alpha value is -2.66. The van der Waals surface area contributed by atoms with Crippen LogP contribution in [0.3, 0.4) is 0 Å². The third-order valence-electron chi connectivity index (χ3n) is 3.92. The van der Waals surface area contributed by atoms with E-state index in [-0.39, 0.29) is 5.96 Å². The molecule has 27 heavy (non-hydrogen) atoms. The van der Waals surface area contributed by atoms with Gasteiger partial charge in [0.1, 0.15) is 0 Å².